The van der Waals surface area contributed by atoms with E-state index in [4.69, 9.17) is 5.73 Å². The van der Waals surface area contributed by atoms with E-state index in [1.807, 2.05) is 12.1 Å². The van der Waals surface area contributed by atoms with Gasteiger partial charge in [-0.15, -0.1) is 0 Å². The van der Waals surface area contributed by atoms with Crippen LogP contribution in [0.2, 0.25) is 0 Å². The summed E-state index contributed by atoms with van der Waals surface area (Å²) < 4.78 is 0.952. The van der Waals surface area contributed by atoms with Gasteiger partial charge in [-0.05, 0) is 43.9 Å². The van der Waals surface area contributed by atoms with Crippen molar-refractivity contribution in [2.24, 2.45) is 0 Å². The lowest BCUT2D eigenvalue weighted by Gasteiger charge is -2.06. The summed E-state index contributed by atoms with van der Waals surface area (Å²) in [6.45, 7) is 0.702. The molecule has 20 heavy (non-hydrogen) atoms. The summed E-state index contributed by atoms with van der Waals surface area (Å²) in [6.07, 6.45) is 6.88. The number of amides is 1. The molecule has 1 aromatic heterocycles. The molecule has 1 aliphatic rings. The van der Waals surface area contributed by atoms with E-state index in [2.05, 4.69) is 16.4 Å². The maximum atomic E-state index is 12.1. The monoisotopic (exact) mass is 287 g/mol. The summed E-state index contributed by atoms with van der Waals surface area (Å²) in [5.74, 6) is -0.0301. The predicted octanol–water partition coefficient (Wildman–Crippen LogP) is 3.11. The number of thiazole rings is 1. The maximum Gasteiger partial charge on any atom is 0.251 e. The van der Waals surface area contributed by atoms with Gasteiger partial charge in [-0.1, -0.05) is 23.0 Å². The van der Waals surface area contributed by atoms with Crippen molar-refractivity contribution < 1.29 is 4.79 Å². The van der Waals surface area contributed by atoms with E-state index in [9.17, 15) is 4.79 Å². The van der Waals surface area contributed by atoms with Crippen LogP contribution in [-0.4, -0.2) is 17.4 Å². The van der Waals surface area contributed by atoms with Crippen LogP contribution in [-0.2, 0) is 0 Å². The number of nitrogens with zero attached hydrogens (tertiary/aromatic N) is 1. The van der Waals surface area contributed by atoms with E-state index < -0.39 is 0 Å². The smallest absolute Gasteiger partial charge is 0.251 e. The van der Waals surface area contributed by atoms with Crippen LogP contribution in [0.4, 0.5) is 5.13 Å². The molecule has 4 nitrogen and oxygen atoms in total. The molecule has 3 rings (SSSR count). The number of hydrogen-bond donors (Lipinski definition) is 2. The van der Waals surface area contributed by atoms with Crippen LogP contribution in [0.1, 0.15) is 36.0 Å². The highest BCUT2D eigenvalue weighted by molar-refractivity contribution is 7.22. The minimum absolute atomic E-state index is 0.0301. The van der Waals surface area contributed by atoms with E-state index in [-0.39, 0.29) is 5.91 Å². The molecule has 0 atom stereocenters. The van der Waals surface area contributed by atoms with Crippen molar-refractivity contribution in [2.75, 3.05) is 12.3 Å². The SMILES string of the molecule is Nc1nc2ccc(C(=O)NCCC3=CCCC3)cc2s1. The molecule has 0 unspecified atom stereocenters. The molecule has 0 radical (unpaired) electrons. The summed E-state index contributed by atoms with van der Waals surface area (Å²) in [5.41, 5.74) is 8.65. The first kappa shape index (κ1) is 13.1. The first-order valence-electron chi connectivity index (χ1n) is 6.84. The number of rotatable bonds is 4. The molecule has 104 valence electrons. The van der Waals surface area contributed by atoms with Gasteiger partial charge >= 0.3 is 0 Å². The zero-order chi connectivity index (χ0) is 13.9. The molecular weight excluding hydrogens is 270 g/mol. The molecular formula is C15H17N3OS. The summed E-state index contributed by atoms with van der Waals surface area (Å²) in [5, 5.41) is 3.50. The quantitative estimate of drug-likeness (QED) is 0.849. The minimum atomic E-state index is -0.0301. The standard InChI is InChI=1S/C15H17N3OS/c16-15-18-12-6-5-11(9-13(12)20-15)14(19)17-8-7-10-3-1-2-4-10/h3,5-6,9H,1-2,4,7-8H2,(H2,16,18)(H,17,19). The van der Waals surface area contributed by atoms with Crippen molar-refractivity contribution in [3.8, 4) is 0 Å². The molecule has 0 bridgehead atoms. The molecule has 0 aliphatic heterocycles. The molecule has 1 aliphatic carbocycles. The molecule has 1 amide bonds. The largest absolute Gasteiger partial charge is 0.375 e. The average Bonchev–Trinajstić information content (AvgIpc) is 3.05. The highest BCUT2D eigenvalue weighted by Crippen LogP contribution is 2.24. The summed E-state index contributed by atoms with van der Waals surface area (Å²) in [6, 6.07) is 5.50. The fourth-order valence-electron chi connectivity index (χ4n) is 2.49. The molecule has 0 saturated heterocycles. The number of nitrogen functional groups attached to an aromatic ring is 1. The van der Waals surface area contributed by atoms with Gasteiger partial charge in [0.1, 0.15) is 0 Å². The van der Waals surface area contributed by atoms with Gasteiger partial charge in [0, 0.05) is 12.1 Å². The Morgan fingerprint density at radius 3 is 3.15 bits per heavy atom. The van der Waals surface area contributed by atoms with Crippen LogP contribution in [0.5, 0.6) is 0 Å². The van der Waals surface area contributed by atoms with Gasteiger partial charge in [0.25, 0.3) is 5.91 Å². The molecule has 0 fully saturated rings. The number of aromatic nitrogens is 1. The average molecular weight is 287 g/mol. The lowest BCUT2D eigenvalue weighted by atomic mass is 10.1. The Hall–Kier alpha value is -1.88. The zero-order valence-electron chi connectivity index (χ0n) is 11.2. The van der Waals surface area contributed by atoms with Crippen molar-refractivity contribution in [1.29, 1.82) is 0 Å². The van der Waals surface area contributed by atoms with Crippen LogP contribution < -0.4 is 11.1 Å². The Bertz CT molecular complexity index is 675. The molecule has 3 N–H and O–H groups in total. The number of fused-ring (bicyclic) bond motifs is 1. The van der Waals surface area contributed by atoms with E-state index in [1.165, 1.54) is 36.2 Å². The van der Waals surface area contributed by atoms with Crippen LogP contribution in [0.3, 0.4) is 0 Å². The number of nitrogens with two attached hydrogens (primary N) is 1. The van der Waals surface area contributed by atoms with Gasteiger partial charge in [0.2, 0.25) is 0 Å². The third-order valence-corrected chi connectivity index (χ3v) is 4.38. The Balaban J connectivity index is 1.62. The van der Waals surface area contributed by atoms with Crippen molar-refractivity contribution >= 4 is 32.6 Å². The third-order valence-electron chi connectivity index (χ3n) is 3.53. The number of allylic oxidation sites excluding steroid dienone is 1. The first-order valence-corrected chi connectivity index (χ1v) is 7.66. The summed E-state index contributed by atoms with van der Waals surface area (Å²) >= 11 is 1.41. The molecule has 1 heterocycles. The van der Waals surface area contributed by atoms with E-state index in [0.717, 1.165) is 16.6 Å². The second kappa shape index (κ2) is 5.63. The number of anilines is 1. The predicted molar refractivity (Wildman–Crippen MR) is 82.9 cm³/mol. The van der Waals surface area contributed by atoms with Crippen molar-refractivity contribution in [1.82, 2.24) is 10.3 Å². The highest BCUT2D eigenvalue weighted by Gasteiger charge is 2.09. The van der Waals surface area contributed by atoms with Gasteiger partial charge in [-0.25, -0.2) is 4.98 Å². The van der Waals surface area contributed by atoms with Crippen molar-refractivity contribution in [3.63, 3.8) is 0 Å². The number of carbonyl (C=O) groups is 1. The first-order chi connectivity index (χ1) is 9.72. The summed E-state index contributed by atoms with van der Waals surface area (Å²) in [7, 11) is 0. The van der Waals surface area contributed by atoms with Crippen LogP contribution in [0, 0.1) is 0 Å². The second-order valence-corrected chi connectivity index (χ2v) is 6.06. The van der Waals surface area contributed by atoms with Gasteiger partial charge in [-0.3, -0.25) is 4.79 Å². The van der Waals surface area contributed by atoms with Crippen LogP contribution >= 0.6 is 11.3 Å². The van der Waals surface area contributed by atoms with E-state index >= 15 is 0 Å². The van der Waals surface area contributed by atoms with Gasteiger partial charge in [0.05, 0.1) is 10.2 Å². The zero-order valence-corrected chi connectivity index (χ0v) is 12.0. The van der Waals surface area contributed by atoms with Crippen LogP contribution in [0.15, 0.2) is 29.8 Å². The number of nitrogens with one attached hydrogen (secondary N) is 1. The van der Waals surface area contributed by atoms with Crippen molar-refractivity contribution in [2.45, 2.75) is 25.7 Å². The Kier molecular flexibility index (Phi) is 3.69. The number of carbonyl (C=O) groups excluding carboxylic acids is 1. The lowest BCUT2D eigenvalue weighted by Crippen LogP contribution is -2.24. The maximum absolute atomic E-state index is 12.1. The fraction of sp³-hybridized carbons (Fsp3) is 0.333. The third kappa shape index (κ3) is 2.82. The molecule has 5 heteroatoms. The van der Waals surface area contributed by atoms with Gasteiger partial charge in [-0.2, -0.15) is 0 Å². The topological polar surface area (TPSA) is 68.0 Å². The summed E-state index contributed by atoms with van der Waals surface area (Å²) in [4.78, 5) is 16.3. The van der Waals surface area contributed by atoms with Gasteiger partial charge < -0.3 is 11.1 Å². The normalized spacial score (nSPS) is 14.5. The van der Waals surface area contributed by atoms with E-state index in [1.54, 1.807) is 6.07 Å². The molecule has 0 saturated carbocycles. The second-order valence-electron chi connectivity index (χ2n) is 5.00. The number of hydrogen-bond acceptors (Lipinski definition) is 4. The molecule has 0 spiro atoms. The van der Waals surface area contributed by atoms with E-state index in [0.29, 0.717) is 17.2 Å². The van der Waals surface area contributed by atoms with Gasteiger partial charge in [0.15, 0.2) is 5.13 Å². The van der Waals surface area contributed by atoms with Crippen molar-refractivity contribution in [3.05, 3.63) is 35.4 Å². The fourth-order valence-corrected chi connectivity index (χ4v) is 3.26. The van der Waals surface area contributed by atoms with Crippen LogP contribution in [0.25, 0.3) is 10.2 Å². The highest BCUT2D eigenvalue weighted by atomic mass is 32.1. The Labute approximate surface area is 121 Å². The minimum Gasteiger partial charge on any atom is -0.375 e. The Morgan fingerprint density at radius 2 is 2.35 bits per heavy atom. The number of benzene rings is 1. The Morgan fingerprint density at radius 1 is 1.45 bits per heavy atom. The lowest BCUT2D eigenvalue weighted by molar-refractivity contribution is 0.0954. The molecule has 2 aromatic rings. The molecule has 1 aromatic carbocycles.